The number of nitrogens with one attached hydrogen (secondary N) is 2. The second-order valence-electron chi connectivity index (χ2n) is 8.36. The maximum absolute atomic E-state index is 13.2. The fraction of sp³-hybridized carbons (Fsp3) is 0.650. The maximum atomic E-state index is 13.2. The lowest BCUT2D eigenvalue weighted by atomic mass is 9.90. The SMILES string of the molecule is Cc1nc(CC(=O)N2CC[C@H]3CCN(C(=O)C(C)c4c(C)n[nH]c4C)C[C@H]32)n[nH]1. The Balaban J connectivity index is 1.45. The first-order valence-corrected chi connectivity index (χ1v) is 10.3. The number of aryl methyl sites for hydroxylation is 3. The van der Waals surface area contributed by atoms with Crippen LogP contribution in [0, 0.1) is 26.7 Å². The first-order valence-electron chi connectivity index (χ1n) is 10.3. The van der Waals surface area contributed by atoms with Gasteiger partial charge in [0, 0.05) is 30.9 Å². The molecule has 29 heavy (non-hydrogen) atoms. The largest absolute Gasteiger partial charge is 0.340 e. The third-order valence-electron chi connectivity index (χ3n) is 6.44. The number of carbonyl (C=O) groups excluding carboxylic acids is 2. The zero-order valence-electron chi connectivity index (χ0n) is 17.5. The summed E-state index contributed by atoms with van der Waals surface area (Å²) in [6.45, 7) is 9.75. The molecule has 2 saturated heterocycles. The molecule has 2 amide bonds. The Morgan fingerprint density at radius 2 is 1.90 bits per heavy atom. The molecule has 0 bridgehead atoms. The molecule has 2 fully saturated rings. The van der Waals surface area contributed by atoms with E-state index < -0.39 is 0 Å². The predicted molar refractivity (Wildman–Crippen MR) is 106 cm³/mol. The Morgan fingerprint density at radius 3 is 2.55 bits per heavy atom. The second kappa shape index (κ2) is 7.61. The molecule has 9 heteroatoms. The molecule has 2 aliphatic rings. The molecule has 3 atom stereocenters. The van der Waals surface area contributed by atoms with E-state index in [1.165, 1.54) is 0 Å². The van der Waals surface area contributed by atoms with E-state index in [9.17, 15) is 9.59 Å². The number of rotatable bonds is 4. The van der Waals surface area contributed by atoms with E-state index in [0.717, 1.165) is 42.9 Å². The molecule has 0 radical (unpaired) electrons. The van der Waals surface area contributed by atoms with Crippen LogP contribution in [-0.2, 0) is 16.0 Å². The summed E-state index contributed by atoms with van der Waals surface area (Å²) in [6, 6.07) is 0.0824. The number of hydrogen-bond acceptors (Lipinski definition) is 5. The Morgan fingerprint density at radius 1 is 1.14 bits per heavy atom. The van der Waals surface area contributed by atoms with Gasteiger partial charge in [0.2, 0.25) is 11.8 Å². The van der Waals surface area contributed by atoms with Gasteiger partial charge in [-0.2, -0.15) is 10.2 Å². The number of hydrogen-bond donors (Lipinski definition) is 2. The van der Waals surface area contributed by atoms with Gasteiger partial charge in [0.15, 0.2) is 5.82 Å². The highest BCUT2D eigenvalue weighted by molar-refractivity contribution is 5.84. The van der Waals surface area contributed by atoms with E-state index >= 15 is 0 Å². The fourth-order valence-electron chi connectivity index (χ4n) is 4.95. The first-order chi connectivity index (χ1) is 13.8. The molecule has 0 saturated carbocycles. The highest BCUT2D eigenvalue weighted by Gasteiger charge is 2.42. The second-order valence-corrected chi connectivity index (χ2v) is 8.36. The number of H-pyrrole nitrogens is 2. The van der Waals surface area contributed by atoms with Crippen LogP contribution in [0.3, 0.4) is 0 Å². The van der Waals surface area contributed by atoms with E-state index in [4.69, 9.17) is 0 Å². The number of aromatic nitrogens is 5. The molecule has 0 aliphatic carbocycles. The molecule has 156 valence electrons. The summed E-state index contributed by atoms with van der Waals surface area (Å²) < 4.78 is 0. The minimum atomic E-state index is -0.243. The highest BCUT2D eigenvalue weighted by Crippen LogP contribution is 2.34. The van der Waals surface area contributed by atoms with Gasteiger partial charge in [-0.1, -0.05) is 0 Å². The average Bonchev–Trinajstić information content (AvgIpc) is 3.39. The van der Waals surface area contributed by atoms with E-state index in [1.54, 1.807) is 0 Å². The van der Waals surface area contributed by atoms with Gasteiger partial charge in [-0.05, 0) is 46.5 Å². The minimum Gasteiger partial charge on any atom is -0.340 e. The summed E-state index contributed by atoms with van der Waals surface area (Å²) >= 11 is 0. The van der Waals surface area contributed by atoms with Crippen molar-refractivity contribution < 1.29 is 9.59 Å². The van der Waals surface area contributed by atoms with Gasteiger partial charge in [-0.25, -0.2) is 4.98 Å². The third kappa shape index (κ3) is 3.65. The van der Waals surface area contributed by atoms with E-state index in [-0.39, 0.29) is 30.2 Å². The van der Waals surface area contributed by atoms with Gasteiger partial charge >= 0.3 is 0 Å². The number of nitrogens with zero attached hydrogens (tertiary/aromatic N) is 5. The fourth-order valence-corrected chi connectivity index (χ4v) is 4.95. The number of piperidine rings is 1. The van der Waals surface area contributed by atoms with Crippen molar-refractivity contribution in [1.29, 1.82) is 0 Å². The summed E-state index contributed by atoms with van der Waals surface area (Å²) in [7, 11) is 0. The molecule has 2 N–H and O–H groups in total. The molecular formula is C20H29N7O2. The Kier molecular flexibility index (Phi) is 5.14. The van der Waals surface area contributed by atoms with E-state index in [1.807, 2.05) is 37.5 Å². The Hall–Kier alpha value is -2.71. The zero-order valence-corrected chi connectivity index (χ0v) is 17.5. The summed E-state index contributed by atoms with van der Waals surface area (Å²) in [5, 5.41) is 14.1. The van der Waals surface area contributed by atoms with Crippen molar-refractivity contribution in [1.82, 2.24) is 35.2 Å². The van der Waals surface area contributed by atoms with Gasteiger partial charge in [0.25, 0.3) is 0 Å². The van der Waals surface area contributed by atoms with Crippen LogP contribution in [0.15, 0.2) is 0 Å². The van der Waals surface area contributed by atoms with Crippen molar-refractivity contribution in [3.63, 3.8) is 0 Å². The van der Waals surface area contributed by atoms with Crippen molar-refractivity contribution in [2.45, 2.75) is 58.9 Å². The molecule has 0 spiro atoms. The number of likely N-dealkylation sites (tertiary alicyclic amines) is 2. The summed E-state index contributed by atoms with van der Waals surface area (Å²) in [6.07, 6.45) is 2.14. The van der Waals surface area contributed by atoms with Crippen LogP contribution in [0.25, 0.3) is 0 Å². The molecule has 1 unspecified atom stereocenters. The van der Waals surface area contributed by atoms with Crippen molar-refractivity contribution in [3.05, 3.63) is 28.6 Å². The predicted octanol–water partition coefficient (Wildman–Crippen LogP) is 1.25. The van der Waals surface area contributed by atoms with Crippen LogP contribution >= 0.6 is 0 Å². The molecule has 4 rings (SSSR count). The number of amides is 2. The summed E-state index contributed by atoms with van der Waals surface area (Å²) in [5.74, 6) is 1.61. The maximum Gasteiger partial charge on any atom is 0.230 e. The average molecular weight is 399 g/mol. The number of carbonyl (C=O) groups is 2. The standard InChI is InChI=1S/C20H29N7O2/c1-11(19-12(2)22-23-13(19)3)20(29)26-7-5-15-6-8-27(16(15)10-26)18(28)9-17-21-14(4)24-25-17/h11,15-16H,5-10H2,1-4H3,(H,22,23)(H,21,24,25)/t11?,15-,16-/m1/s1. The van der Waals surface area contributed by atoms with Gasteiger partial charge in [-0.3, -0.25) is 19.8 Å². The lowest BCUT2D eigenvalue weighted by molar-refractivity contribution is -0.139. The normalized spacial score (nSPS) is 22.6. The molecule has 2 aromatic heterocycles. The van der Waals surface area contributed by atoms with Crippen LogP contribution in [0.2, 0.25) is 0 Å². The molecular weight excluding hydrogens is 370 g/mol. The number of fused-ring (bicyclic) bond motifs is 1. The van der Waals surface area contributed by atoms with Gasteiger partial charge in [-0.15, -0.1) is 0 Å². The topological polar surface area (TPSA) is 111 Å². The molecule has 9 nitrogen and oxygen atoms in total. The third-order valence-corrected chi connectivity index (χ3v) is 6.44. The van der Waals surface area contributed by atoms with Gasteiger partial charge < -0.3 is 9.80 Å². The van der Waals surface area contributed by atoms with Crippen LogP contribution in [0.4, 0.5) is 0 Å². The smallest absolute Gasteiger partial charge is 0.230 e. The number of aromatic amines is 2. The van der Waals surface area contributed by atoms with E-state index in [0.29, 0.717) is 24.1 Å². The Bertz CT molecular complexity index is 898. The monoisotopic (exact) mass is 399 g/mol. The van der Waals surface area contributed by atoms with Gasteiger partial charge in [0.1, 0.15) is 5.82 Å². The van der Waals surface area contributed by atoms with Crippen LogP contribution in [0.5, 0.6) is 0 Å². The van der Waals surface area contributed by atoms with Crippen LogP contribution in [0.1, 0.15) is 54.3 Å². The highest BCUT2D eigenvalue weighted by atomic mass is 16.2. The zero-order chi connectivity index (χ0) is 20.7. The van der Waals surface area contributed by atoms with Crippen molar-refractivity contribution in [2.24, 2.45) is 5.92 Å². The van der Waals surface area contributed by atoms with Crippen molar-refractivity contribution in [3.8, 4) is 0 Å². The molecule has 4 heterocycles. The van der Waals surface area contributed by atoms with Crippen molar-refractivity contribution in [2.75, 3.05) is 19.6 Å². The summed E-state index contributed by atoms with van der Waals surface area (Å²) in [5.41, 5.74) is 2.80. The summed E-state index contributed by atoms with van der Waals surface area (Å²) in [4.78, 5) is 34.2. The molecule has 0 aromatic carbocycles. The quantitative estimate of drug-likeness (QED) is 0.804. The lowest BCUT2D eigenvalue weighted by Crippen LogP contribution is -2.52. The van der Waals surface area contributed by atoms with Crippen molar-refractivity contribution >= 4 is 11.8 Å². The van der Waals surface area contributed by atoms with Gasteiger partial charge in [0.05, 0.1) is 24.1 Å². The first kappa shape index (κ1) is 19.6. The lowest BCUT2D eigenvalue weighted by Gasteiger charge is -2.39. The Labute approximate surface area is 170 Å². The molecule has 2 aliphatic heterocycles. The van der Waals surface area contributed by atoms with Crippen LogP contribution in [-0.4, -0.2) is 72.7 Å². The molecule has 2 aromatic rings. The van der Waals surface area contributed by atoms with Crippen LogP contribution < -0.4 is 0 Å². The van der Waals surface area contributed by atoms with E-state index in [2.05, 4.69) is 25.4 Å². The minimum absolute atomic E-state index is 0.0420.